The van der Waals surface area contributed by atoms with Crippen molar-refractivity contribution in [3.05, 3.63) is 12.7 Å². The second-order valence-corrected chi connectivity index (χ2v) is 2.26. The molecule has 1 rings (SSSR count). The molecule has 0 radical (unpaired) electrons. The second-order valence-electron chi connectivity index (χ2n) is 2.26. The summed E-state index contributed by atoms with van der Waals surface area (Å²) in [7, 11) is 0. The Morgan fingerprint density at radius 3 is 3.30 bits per heavy atom. The van der Waals surface area contributed by atoms with E-state index in [-0.39, 0.29) is 0 Å². The van der Waals surface area contributed by atoms with Gasteiger partial charge in [0.15, 0.2) is 0 Å². The van der Waals surface area contributed by atoms with Gasteiger partial charge in [-0.05, 0) is 19.1 Å². The molecule has 0 aromatic carbocycles. The number of aliphatic imine (C=N–C) groups is 2. The molecule has 0 aliphatic carbocycles. The van der Waals surface area contributed by atoms with Gasteiger partial charge < -0.3 is 0 Å². The fourth-order valence-corrected chi connectivity index (χ4v) is 0.894. The lowest BCUT2D eigenvalue weighted by molar-refractivity contribution is 1.03. The summed E-state index contributed by atoms with van der Waals surface area (Å²) >= 11 is 0. The maximum absolute atomic E-state index is 4.29. The highest BCUT2D eigenvalue weighted by atomic mass is 14.8. The monoisotopic (exact) mass is 136 g/mol. The van der Waals surface area contributed by atoms with E-state index >= 15 is 0 Å². The zero-order valence-electron chi connectivity index (χ0n) is 6.08. The van der Waals surface area contributed by atoms with Crippen LogP contribution in [-0.2, 0) is 0 Å². The molecule has 0 spiro atoms. The van der Waals surface area contributed by atoms with Gasteiger partial charge in [0.25, 0.3) is 0 Å². The van der Waals surface area contributed by atoms with E-state index in [9.17, 15) is 0 Å². The highest BCUT2D eigenvalue weighted by Crippen LogP contribution is 1.98. The van der Waals surface area contributed by atoms with Crippen molar-refractivity contribution in [2.75, 3.05) is 13.1 Å². The third-order valence-corrected chi connectivity index (χ3v) is 1.41. The second kappa shape index (κ2) is 3.99. The Balaban J connectivity index is 2.39. The van der Waals surface area contributed by atoms with E-state index in [2.05, 4.69) is 16.6 Å². The van der Waals surface area contributed by atoms with Gasteiger partial charge in [0.05, 0.1) is 13.1 Å². The van der Waals surface area contributed by atoms with Gasteiger partial charge in [-0.2, -0.15) is 0 Å². The molecule has 0 amide bonds. The molecule has 0 N–H and O–H groups in total. The minimum atomic E-state index is 0.741. The van der Waals surface area contributed by atoms with E-state index in [1.165, 1.54) is 5.71 Å². The van der Waals surface area contributed by atoms with Crippen LogP contribution < -0.4 is 0 Å². The lowest BCUT2D eigenvalue weighted by atomic mass is 10.2. The molecule has 0 fully saturated rings. The first-order valence-corrected chi connectivity index (χ1v) is 3.55. The maximum atomic E-state index is 4.29. The normalized spacial score (nSPS) is 21.4. The smallest absolute Gasteiger partial charge is 0.0764 e. The summed E-state index contributed by atoms with van der Waals surface area (Å²) in [5.74, 6) is 0. The van der Waals surface area contributed by atoms with Crippen molar-refractivity contribution in [2.45, 2.75) is 12.8 Å². The van der Waals surface area contributed by atoms with E-state index in [4.69, 9.17) is 0 Å². The summed E-state index contributed by atoms with van der Waals surface area (Å²) in [6.45, 7) is 5.14. The molecule has 2 heteroatoms. The van der Waals surface area contributed by atoms with Gasteiger partial charge >= 0.3 is 0 Å². The third kappa shape index (κ3) is 2.13. The van der Waals surface area contributed by atoms with Gasteiger partial charge in [0, 0.05) is 5.71 Å². The Bertz CT molecular complexity index is 168. The summed E-state index contributed by atoms with van der Waals surface area (Å²) in [6, 6.07) is 0. The molecular weight excluding hydrogens is 124 g/mol. The molecule has 10 heavy (non-hydrogen) atoms. The summed E-state index contributed by atoms with van der Waals surface area (Å²) in [5.41, 5.74) is 1.21. The molecule has 0 bridgehead atoms. The average molecular weight is 136 g/mol. The van der Waals surface area contributed by atoms with Crippen molar-refractivity contribution in [2.24, 2.45) is 9.98 Å². The van der Waals surface area contributed by atoms with Crippen molar-refractivity contribution in [3.8, 4) is 0 Å². The summed E-state index contributed by atoms with van der Waals surface area (Å²) in [5, 5.41) is 0. The number of hydrogen-bond acceptors (Lipinski definition) is 2. The van der Waals surface area contributed by atoms with Crippen LogP contribution in [0.3, 0.4) is 0 Å². The topological polar surface area (TPSA) is 24.7 Å². The molecule has 1 aliphatic heterocycles. The Hall–Kier alpha value is -0.920. The quantitative estimate of drug-likeness (QED) is 0.514. The zero-order valence-corrected chi connectivity index (χ0v) is 6.08. The minimum absolute atomic E-state index is 0.741. The molecule has 0 atom stereocenters. The first-order valence-electron chi connectivity index (χ1n) is 3.55. The SMILES string of the molecule is C=CCN=C1CCC=NC1. The summed E-state index contributed by atoms with van der Waals surface area (Å²) < 4.78 is 0. The minimum Gasteiger partial charge on any atom is -0.292 e. The van der Waals surface area contributed by atoms with Crippen molar-refractivity contribution >= 4 is 11.9 Å². The Labute approximate surface area is 61.4 Å². The van der Waals surface area contributed by atoms with Crippen LogP contribution >= 0.6 is 0 Å². The Morgan fingerprint density at radius 1 is 1.80 bits per heavy atom. The predicted octanol–water partition coefficient (Wildman–Crippen LogP) is 1.48. The van der Waals surface area contributed by atoms with Crippen LogP contribution in [-0.4, -0.2) is 25.0 Å². The van der Waals surface area contributed by atoms with Crippen molar-refractivity contribution in [3.63, 3.8) is 0 Å². The summed E-state index contributed by atoms with van der Waals surface area (Å²) in [6.07, 6.45) is 5.91. The van der Waals surface area contributed by atoms with E-state index in [0.717, 1.165) is 25.9 Å². The first-order chi connectivity index (χ1) is 4.93. The van der Waals surface area contributed by atoms with Gasteiger partial charge in [-0.1, -0.05) is 6.08 Å². The lowest BCUT2D eigenvalue weighted by Crippen LogP contribution is -2.08. The van der Waals surface area contributed by atoms with Gasteiger partial charge in [0.1, 0.15) is 0 Å². The molecule has 0 aromatic rings. The molecule has 0 unspecified atom stereocenters. The molecule has 1 heterocycles. The maximum Gasteiger partial charge on any atom is 0.0764 e. The van der Waals surface area contributed by atoms with Gasteiger partial charge in [-0.15, -0.1) is 6.58 Å². The van der Waals surface area contributed by atoms with Crippen LogP contribution in [0.15, 0.2) is 22.6 Å². The van der Waals surface area contributed by atoms with E-state index < -0.39 is 0 Å². The van der Waals surface area contributed by atoms with Crippen LogP contribution in [0.25, 0.3) is 0 Å². The molecule has 0 saturated carbocycles. The highest BCUT2D eigenvalue weighted by molar-refractivity contribution is 5.91. The Kier molecular flexibility index (Phi) is 2.87. The number of nitrogens with zero attached hydrogens (tertiary/aromatic N) is 2. The van der Waals surface area contributed by atoms with Crippen LogP contribution in [0.2, 0.25) is 0 Å². The fourth-order valence-electron chi connectivity index (χ4n) is 0.894. The van der Waals surface area contributed by atoms with Crippen LogP contribution in [0.4, 0.5) is 0 Å². The van der Waals surface area contributed by atoms with Crippen molar-refractivity contribution in [1.29, 1.82) is 0 Å². The molecule has 1 aliphatic rings. The van der Waals surface area contributed by atoms with Gasteiger partial charge in [0.2, 0.25) is 0 Å². The van der Waals surface area contributed by atoms with Crippen LogP contribution in [0.1, 0.15) is 12.8 Å². The molecular formula is C8H12N2. The average Bonchev–Trinajstić information content (AvgIpc) is 2.03. The number of hydrogen-bond donors (Lipinski definition) is 0. The van der Waals surface area contributed by atoms with E-state index in [0.29, 0.717) is 0 Å². The molecule has 0 aromatic heterocycles. The van der Waals surface area contributed by atoms with Gasteiger partial charge in [-0.3, -0.25) is 9.98 Å². The first kappa shape index (κ1) is 7.19. The molecule has 0 saturated heterocycles. The predicted molar refractivity (Wildman–Crippen MR) is 45.1 cm³/mol. The third-order valence-electron chi connectivity index (χ3n) is 1.41. The molecule has 2 nitrogen and oxygen atoms in total. The number of rotatable bonds is 2. The molecule has 54 valence electrons. The van der Waals surface area contributed by atoms with E-state index in [1.54, 1.807) is 0 Å². The zero-order chi connectivity index (χ0) is 7.23. The Morgan fingerprint density at radius 2 is 2.70 bits per heavy atom. The van der Waals surface area contributed by atoms with Crippen molar-refractivity contribution in [1.82, 2.24) is 0 Å². The lowest BCUT2D eigenvalue weighted by Gasteiger charge is -2.04. The van der Waals surface area contributed by atoms with Gasteiger partial charge in [-0.25, -0.2) is 0 Å². The summed E-state index contributed by atoms with van der Waals surface area (Å²) in [4.78, 5) is 8.41. The fraction of sp³-hybridized carbons (Fsp3) is 0.500. The largest absolute Gasteiger partial charge is 0.292 e. The van der Waals surface area contributed by atoms with Crippen LogP contribution in [0.5, 0.6) is 0 Å². The van der Waals surface area contributed by atoms with E-state index in [1.807, 2.05) is 12.3 Å². The van der Waals surface area contributed by atoms with Crippen LogP contribution in [0, 0.1) is 0 Å². The standard InChI is InChI=1S/C8H12N2/c1-2-5-10-8-4-3-6-9-7-8/h2,6H,1,3-5,7H2. The highest BCUT2D eigenvalue weighted by Gasteiger charge is 1.99. The van der Waals surface area contributed by atoms with Crippen molar-refractivity contribution < 1.29 is 0 Å².